The number of benzene rings is 1. The first-order valence-corrected chi connectivity index (χ1v) is 11.8. The van der Waals surface area contributed by atoms with Crippen molar-refractivity contribution in [3.63, 3.8) is 0 Å². The van der Waals surface area contributed by atoms with Gasteiger partial charge in [-0.1, -0.05) is 25.1 Å². The maximum atomic E-state index is 13.0. The molecule has 0 N–H and O–H groups in total. The topological polar surface area (TPSA) is 67.7 Å². The molecule has 1 saturated heterocycles. The lowest BCUT2D eigenvalue weighted by Crippen LogP contribution is -2.40. The largest absolute Gasteiger partial charge is 0.378 e. The first kappa shape index (κ1) is 22.2. The fraction of sp³-hybridized carbons (Fsp3) is 0.375. The van der Waals surface area contributed by atoms with Gasteiger partial charge < -0.3 is 19.1 Å². The minimum absolute atomic E-state index is 0.0350. The van der Waals surface area contributed by atoms with E-state index in [4.69, 9.17) is 4.74 Å². The van der Waals surface area contributed by atoms with E-state index in [1.54, 1.807) is 4.90 Å². The number of thiazole rings is 1. The summed E-state index contributed by atoms with van der Waals surface area (Å²) < 4.78 is 7.43. The van der Waals surface area contributed by atoms with Crippen LogP contribution in [0.5, 0.6) is 0 Å². The molecule has 1 aliphatic heterocycles. The number of amides is 2. The number of nitrogens with zero attached hydrogens (tertiary/aromatic N) is 4. The molecule has 7 nitrogen and oxygen atoms in total. The maximum absolute atomic E-state index is 13.0. The van der Waals surface area contributed by atoms with E-state index in [9.17, 15) is 9.59 Å². The van der Waals surface area contributed by atoms with Crippen LogP contribution in [0, 0.1) is 0 Å². The van der Waals surface area contributed by atoms with Crippen molar-refractivity contribution in [1.29, 1.82) is 0 Å². The molecule has 168 valence electrons. The SMILES string of the molecule is CCCN(Cc1cccn1Cc1nc(C(=O)N2CCOCC2)cs1)C(=O)c1ccccc1. The van der Waals surface area contributed by atoms with Crippen molar-refractivity contribution < 1.29 is 14.3 Å². The molecular weight excluding hydrogens is 424 g/mol. The number of carbonyl (C=O) groups excluding carboxylic acids is 2. The van der Waals surface area contributed by atoms with Gasteiger partial charge in [0.15, 0.2) is 0 Å². The summed E-state index contributed by atoms with van der Waals surface area (Å²) in [4.78, 5) is 34.0. The zero-order valence-electron chi connectivity index (χ0n) is 18.3. The zero-order chi connectivity index (χ0) is 22.3. The summed E-state index contributed by atoms with van der Waals surface area (Å²) in [5.41, 5.74) is 2.23. The fourth-order valence-corrected chi connectivity index (χ4v) is 4.55. The zero-order valence-corrected chi connectivity index (χ0v) is 19.1. The standard InChI is InChI=1S/C24H28N4O3S/c1-2-10-28(23(29)19-7-4-3-5-8-19)16-20-9-6-11-27(20)17-22-25-21(18-32-22)24(30)26-12-14-31-15-13-26/h3-9,11,18H,2,10,12-17H2,1H3. The van der Waals surface area contributed by atoms with Gasteiger partial charge in [-0.25, -0.2) is 4.98 Å². The van der Waals surface area contributed by atoms with Crippen LogP contribution in [0.2, 0.25) is 0 Å². The van der Waals surface area contributed by atoms with Gasteiger partial charge in [-0.05, 0) is 30.7 Å². The highest BCUT2D eigenvalue weighted by molar-refractivity contribution is 7.09. The molecule has 1 fully saturated rings. The van der Waals surface area contributed by atoms with Crippen molar-refractivity contribution in [3.8, 4) is 0 Å². The molecule has 3 heterocycles. The van der Waals surface area contributed by atoms with Crippen LogP contribution in [0.15, 0.2) is 54.0 Å². The molecule has 0 radical (unpaired) electrons. The van der Waals surface area contributed by atoms with E-state index in [1.165, 1.54) is 11.3 Å². The first-order valence-electron chi connectivity index (χ1n) is 11.0. The molecular formula is C24H28N4O3S. The summed E-state index contributed by atoms with van der Waals surface area (Å²) in [6.07, 6.45) is 2.89. The molecule has 0 aliphatic carbocycles. The molecule has 3 aromatic rings. The van der Waals surface area contributed by atoms with Crippen LogP contribution in [0.1, 0.15) is 44.9 Å². The molecule has 32 heavy (non-hydrogen) atoms. The summed E-state index contributed by atoms with van der Waals surface area (Å²) >= 11 is 1.49. The maximum Gasteiger partial charge on any atom is 0.273 e. The smallest absolute Gasteiger partial charge is 0.273 e. The van der Waals surface area contributed by atoms with E-state index in [1.807, 2.05) is 58.9 Å². The Labute approximate surface area is 192 Å². The minimum Gasteiger partial charge on any atom is -0.378 e. The predicted octanol–water partition coefficient (Wildman–Crippen LogP) is 3.52. The number of hydrogen-bond acceptors (Lipinski definition) is 5. The highest BCUT2D eigenvalue weighted by atomic mass is 32.1. The quantitative estimate of drug-likeness (QED) is 0.525. The van der Waals surface area contributed by atoms with Gasteiger partial charge in [0.05, 0.1) is 26.3 Å². The van der Waals surface area contributed by atoms with Crippen molar-refractivity contribution in [2.75, 3.05) is 32.8 Å². The van der Waals surface area contributed by atoms with Gasteiger partial charge in [0.1, 0.15) is 10.7 Å². The fourth-order valence-electron chi connectivity index (χ4n) is 3.78. The van der Waals surface area contributed by atoms with Gasteiger partial charge in [-0.2, -0.15) is 0 Å². The number of ether oxygens (including phenoxy) is 1. The van der Waals surface area contributed by atoms with E-state index in [2.05, 4.69) is 16.5 Å². The summed E-state index contributed by atoms with van der Waals surface area (Å²) in [6.45, 7) is 6.23. The monoisotopic (exact) mass is 452 g/mol. The van der Waals surface area contributed by atoms with Crippen LogP contribution in [-0.4, -0.2) is 64.0 Å². The van der Waals surface area contributed by atoms with Crippen molar-refractivity contribution in [2.24, 2.45) is 0 Å². The molecule has 0 bridgehead atoms. The lowest BCUT2D eigenvalue weighted by atomic mass is 10.2. The van der Waals surface area contributed by atoms with E-state index in [0.717, 1.165) is 17.1 Å². The van der Waals surface area contributed by atoms with E-state index in [0.29, 0.717) is 57.2 Å². The van der Waals surface area contributed by atoms with Crippen LogP contribution in [0.3, 0.4) is 0 Å². The lowest BCUT2D eigenvalue weighted by Gasteiger charge is -2.26. The van der Waals surface area contributed by atoms with Crippen molar-refractivity contribution in [1.82, 2.24) is 19.4 Å². The summed E-state index contributed by atoms with van der Waals surface area (Å²) in [7, 11) is 0. The Morgan fingerprint density at radius 3 is 2.66 bits per heavy atom. The third kappa shape index (κ3) is 5.26. The van der Waals surface area contributed by atoms with Gasteiger partial charge >= 0.3 is 0 Å². The Kier molecular flexibility index (Phi) is 7.34. The average molecular weight is 453 g/mol. The Morgan fingerprint density at radius 1 is 1.12 bits per heavy atom. The molecule has 2 amide bonds. The molecule has 1 aliphatic rings. The molecule has 1 aromatic carbocycles. The summed E-state index contributed by atoms with van der Waals surface area (Å²) in [5.74, 6) is -0.000971. The number of aromatic nitrogens is 2. The molecule has 0 unspecified atom stereocenters. The molecule has 4 rings (SSSR count). The van der Waals surface area contributed by atoms with E-state index in [-0.39, 0.29) is 11.8 Å². The number of morpholine rings is 1. The van der Waals surface area contributed by atoms with Crippen LogP contribution in [-0.2, 0) is 17.8 Å². The second-order valence-electron chi connectivity index (χ2n) is 7.75. The second kappa shape index (κ2) is 10.6. The van der Waals surface area contributed by atoms with Gasteiger partial charge in [-0.3, -0.25) is 9.59 Å². The van der Waals surface area contributed by atoms with Gasteiger partial charge in [0.25, 0.3) is 11.8 Å². The summed E-state index contributed by atoms with van der Waals surface area (Å²) in [6, 6.07) is 13.4. The molecule has 0 spiro atoms. The molecule has 8 heteroatoms. The summed E-state index contributed by atoms with van der Waals surface area (Å²) in [5, 5.41) is 2.70. The number of hydrogen-bond donors (Lipinski definition) is 0. The third-order valence-corrected chi connectivity index (χ3v) is 6.29. The predicted molar refractivity (Wildman–Crippen MR) is 124 cm³/mol. The average Bonchev–Trinajstić information content (AvgIpc) is 3.49. The van der Waals surface area contributed by atoms with E-state index >= 15 is 0 Å². The number of carbonyl (C=O) groups is 2. The number of rotatable bonds is 8. The van der Waals surface area contributed by atoms with Crippen molar-refractivity contribution in [2.45, 2.75) is 26.4 Å². The third-order valence-electron chi connectivity index (χ3n) is 5.45. The van der Waals surface area contributed by atoms with Crippen LogP contribution >= 0.6 is 11.3 Å². The Hall–Kier alpha value is -2.97. The Morgan fingerprint density at radius 2 is 1.91 bits per heavy atom. The van der Waals surface area contributed by atoms with Gasteiger partial charge in [0, 0.05) is 42.5 Å². The lowest BCUT2D eigenvalue weighted by molar-refractivity contribution is 0.0299. The minimum atomic E-state index is -0.0360. The molecule has 0 atom stereocenters. The van der Waals surface area contributed by atoms with E-state index < -0.39 is 0 Å². The van der Waals surface area contributed by atoms with Gasteiger partial charge in [0.2, 0.25) is 0 Å². The highest BCUT2D eigenvalue weighted by Gasteiger charge is 2.21. The van der Waals surface area contributed by atoms with Crippen LogP contribution in [0.25, 0.3) is 0 Å². The Bertz CT molecular complexity index is 1040. The van der Waals surface area contributed by atoms with Crippen molar-refractivity contribution in [3.05, 3.63) is 76.0 Å². The molecule has 2 aromatic heterocycles. The van der Waals surface area contributed by atoms with Gasteiger partial charge in [-0.15, -0.1) is 11.3 Å². The van der Waals surface area contributed by atoms with Crippen LogP contribution in [0.4, 0.5) is 0 Å². The second-order valence-corrected chi connectivity index (χ2v) is 8.69. The first-order chi connectivity index (χ1) is 15.7. The van der Waals surface area contributed by atoms with Crippen molar-refractivity contribution >= 4 is 23.2 Å². The molecule has 0 saturated carbocycles. The Balaban J connectivity index is 1.44. The van der Waals surface area contributed by atoms with Crippen LogP contribution < -0.4 is 0 Å². The normalized spacial score (nSPS) is 13.8. The highest BCUT2D eigenvalue weighted by Crippen LogP contribution is 2.17.